The van der Waals surface area contributed by atoms with Crippen molar-refractivity contribution < 1.29 is 17.6 Å². The van der Waals surface area contributed by atoms with Crippen LogP contribution in [-0.4, -0.2) is 12.3 Å². The molecule has 0 amide bonds. The summed E-state index contributed by atoms with van der Waals surface area (Å²) in [4.78, 5) is 0. The second-order valence-electron chi connectivity index (χ2n) is 5.20. The van der Waals surface area contributed by atoms with Gasteiger partial charge in [-0.1, -0.05) is 45.0 Å². The lowest BCUT2D eigenvalue weighted by Gasteiger charge is -2.25. The SMILES string of the molecule is CCC(C)(C)c1ccc(C(Cl)C(F)(F)C(F)F)cc1. The Bertz CT molecular complexity index is 412. The fourth-order valence-corrected chi connectivity index (χ4v) is 1.88. The maximum atomic E-state index is 13.1. The Morgan fingerprint density at radius 3 is 1.95 bits per heavy atom. The van der Waals surface area contributed by atoms with Crippen molar-refractivity contribution in [2.45, 2.75) is 50.3 Å². The third-order valence-corrected chi connectivity index (χ3v) is 4.04. The zero-order valence-electron chi connectivity index (χ0n) is 11.1. The van der Waals surface area contributed by atoms with Crippen molar-refractivity contribution in [2.24, 2.45) is 0 Å². The minimum Gasteiger partial charge on any atom is -0.204 e. The maximum absolute atomic E-state index is 13.1. The van der Waals surface area contributed by atoms with Gasteiger partial charge in [0, 0.05) is 0 Å². The van der Waals surface area contributed by atoms with E-state index < -0.39 is 17.7 Å². The molecule has 1 aromatic rings. The summed E-state index contributed by atoms with van der Waals surface area (Å²) in [6, 6.07) is 6.10. The number of hydrogen-bond donors (Lipinski definition) is 0. The molecular formula is C14H17ClF4. The van der Waals surface area contributed by atoms with E-state index in [1.807, 2.05) is 20.8 Å². The standard InChI is InChI=1S/C14H17ClF4/c1-4-13(2,3)10-7-5-9(6-8-10)11(15)14(18,19)12(16)17/h5-8,11-12H,4H2,1-3H3. The van der Waals surface area contributed by atoms with Gasteiger partial charge in [0.05, 0.1) is 0 Å². The first-order valence-electron chi connectivity index (χ1n) is 6.03. The van der Waals surface area contributed by atoms with E-state index in [2.05, 4.69) is 0 Å². The minimum atomic E-state index is -4.23. The largest absolute Gasteiger partial charge is 0.327 e. The molecule has 0 fully saturated rings. The molecule has 0 N–H and O–H groups in total. The average molecular weight is 297 g/mol. The Morgan fingerprint density at radius 1 is 1.11 bits per heavy atom. The molecule has 0 saturated heterocycles. The van der Waals surface area contributed by atoms with Crippen LogP contribution in [0, 0.1) is 0 Å². The van der Waals surface area contributed by atoms with Crippen LogP contribution in [0.3, 0.4) is 0 Å². The minimum absolute atomic E-state index is 0.00243. The number of hydrogen-bond acceptors (Lipinski definition) is 0. The van der Waals surface area contributed by atoms with E-state index in [-0.39, 0.29) is 11.0 Å². The van der Waals surface area contributed by atoms with Crippen LogP contribution in [0.5, 0.6) is 0 Å². The zero-order valence-corrected chi connectivity index (χ0v) is 11.8. The number of benzene rings is 1. The van der Waals surface area contributed by atoms with Crippen LogP contribution < -0.4 is 0 Å². The molecule has 0 heterocycles. The van der Waals surface area contributed by atoms with E-state index in [4.69, 9.17) is 11.6 Å². The molecule has 0 aliphatic rings. The van der Waals surface area contributed by atoms with Crippen LogP contribution >= 0.6 is 11.6 Å². The molecule has 1 atom stereocenters. The Labute approximate surface area is 115 Å². The van der Waals surface area contributed by atoms with Crippen LogP contribution in [0.4, 0.5) is 17.6 Å². The molecule has 0 aliphatic heterocycles. The van der Waals surface area contributed by atoms with E-state index in [1.54, 1.807) is 12.1 Å². The lowest BCUT2D eigenvalue weighted by atomic mass is 9.82. The highest BCUT2D eigenvalue weighted by molar-refractivity contribution is 6.21. The van der Waals surface area contributed by atoms with Gasteiger partial charge in [0.25, 0.3) is 0 Å². The van der Waals surface area contributed by atoms with E-state index in [0.717, 1.165) is 12.0 Å². The molecule has 0 nitrogen and oxygen atoms in total. The third-order valence-electron chi connectivity index (χ3n) is 3.50. The first-order valence-corrected chi connectivity index (χ1v) is 6.47. The number of alkyl halides is 5. The molecule has 108 valence electrons. The molecule has 0 bridgehead atoms. The van der Waals surface area contributed by atoms with Crippen molar-refractivity contribution in [1.29, 1.82) is 0 Å². The topological polar surface area (TPSA) is 0 Å². The van der Waals surface area contributed by atoms with Crippen molar-refractivity contribution in [1.82, 2.24) is 0 Å². The number of halogens is 5. The molecule has 0 saturated carbocycles. The van der Waals surface area contributed by atoms with Crippen LogP contribution in [0.1, 0.15) is 43.7 Å². The van der Waals surface area contributed by atoms with E-state index in [9.17, 15) is 17.6 Å². The molecule has 1 aromatic carbocycles. The van der Waals surface area contributed by atoms with Gasteiger partial charge < -0.3 is 0 Å². The molecular weight excluding hydrogens is 280 g/mol. The molecule has 0 radical (unpaired) electrons. The molecule has 5 heteroatoms. The maximum Gasteiger partial charge on any atom is 0.327 e. The highest BCUT2D eigenvalue weighted by Crippen LogP contribution is 2.41. The summed E-state index contributed by atoms with van der Waals surface area (Å²) >= 11 is 5.46. The number of rotatable bonds is 5. The van der Waals surface area contributed by atoms with Crippen LogP contribution in [0.25, 0.3) is 0 Å². The predicted molar refractivity (Wildman–Crippen MR) is 69.3 cm³/mol. The lowest BCUT2D eigenvalue weighted by Crippen LogP contribution is -2.31. The quantitative estimate of drug-likeness (QED) is 0.493. The monoisotopic (exact) mass is 296 g/mol. The van der Waals surface area contributed by atoms with Crippen molar-refractivity contribution in [3.8, 4) is 0 Å². The van der Waals surface area contributed by atoms with Crippen LogP contribution in [-0.2, 0) is 5.41 Å². The van der Waals surface area contributed by atoms with Gasteiger partial charge in [-0.25, -0.2) is 8.78 Å². The van der Waals surface area contributed by atoms with Crippen molar-refractivity contribution in [3.63, 3.8) is 0 Å². The average Bonchev–Trinajstić information content (AvgIpc) is 2.37. The summed E-state index contributed by atoms with van der Waals surface area (Å²) < 4.78 is 50.8. The van der Waals surface area contributed by atoms with Crippen molar-refractivity contribution in [2.75, 3.05) is 0 Å². The Balaban J connectivity index is 3.00. The van der Waals surface area contributed by atoms with Crippen molar-refractivity contribution >= 4 is 11.6 Å². The Kier molecular flexibility index (Phi) is 4.88. The molecule has 0 spiro atoms. The smallest absolute Gasteiger partial charge is 0.204 e. The summed E-state index contributed by atoms with van der Waals surface area (Å²) in [6.07, 6.45) is -2.90. The van der Waals surface area contributed by atoms with E-state index >= 15 is 0 Å². The van der Waals surface area contributed by atoms with Gasteiger partial charge in [-0.15, -0.1) is 11.6 Å². The van der Waals surface area contributed by atoms with Gasteiger partial charge in [0.2, 0.25) is 0 Å². The first-order chi connectivity index (χ1) is 8.63. The fraction of sp³-hybridized carbons (Fsp3) is 0.571. The van der Waals surface area contributed by atoms with E-state index in [1.165, 1.54) is 12.1 Å². The Morgan fingerprint density at radius 2 is 1.58 bits per heavy atom. The second-order valence-corrected chi connectivity index (χ2v) is 5.63. The third kappa shape index (κ3) is 3.41. The molecule has 0 aliphatic carbocycles. The van der Waals surface area contributed by atoms with Crippen LogP contribution in [0.15, 0.2) is 24.3 Å². The molecule has 0 aromatic heterocycles. The first kappa shape index (κ1) is 16.3. The summed E-state index contributed by atoms with van der Waals surface area (Å²) in [5, 5.41) is -2.02. The summed E-state index contributed by atoms with van der Waals surface area (Å²) in [5.74, 6) is -4.23. The highest BCUT2D eigenvalue weighted by atomic mass is 35.5. The molecule has 19 heavy (non-hydrogen) atoms. The fourth-order valence-electron chi connectivity index (χ4n) is 1.64. The van der Waals surface area contributed by atoms with Gasteiger partial charge in [-0.3, -0.25) is 0 Å². The predicted octanol–water partition coefficient (Wildman–Crippen LogP) is 5.55. The Hall–Kier alpha value is -0.770. The summed E-state index contributed by atoms with van der Waals surface area (Å²) in [7, 11) is 0. The summed E-state index contributed by atoms with van der Waals surface area (Å²) in [5.41, 5.74) is 0.872. The van der Waals surface area contributed by atoms with Gasteiger partial charge in [0.15, 0.2) is 0 Å². The normalized spacial score (nSPS) is 14.8. The van der Waals surface area contributed by atoms with Gasteiger partial charge in [0.1, 0.15) is 5.38 Å². The summed E-state index contributed by atoms with van der Waals surface area (Å²) in [6.45, 7) is 6.06. The molecule has 1 unspecified atom stereocenters. The highest BCUT2D eigenvalue weighted by Gasteiger charge is 2.48. The van der Waals surface area contributed by atoms with Gasteiger partial charge in [-0.2, -0.15) is 8.78 Å². The van der Waals surface area contributed by atoms with Crippen LogP contribution in [0.2, 0.25) is 0 Å². The van der Waals surface area contributed by atoms with Gasteiger partial charge in [-0.05, 0) is 23.0 Å². The second kappa shape index (κ2) is 5.70. The van der Waals surface area contributed by atoms with Gasteiger partial charge >= 0.3 is 12.3 Å². The van der Waals surface area contributed by atoms with Crippen molar-refractivity contribution in [3.05, 3.63) is 35.4 Å². The molecule has 1 rings (SSSR count). The lowest BCUT2D eigenvalue weighted by molar-refractivity contribution is -0.130. The van der Waals surface area contributed by atoms with E-state index in [0.29, 0.717) is 0 Å². The zero-order chi connectivity index (χ0) is 14.8.